The normalized spacial score (nSPS) is 11.7. The molecule has 132 valence electrons. The van der Waals surface area contributed by atoms with E-state index in [0.717, 1.165) is 16.7 Å². The van der Waals surface area contributed by atoms with Gasteiger partial charge in [-0.15, -0.1) is 0 Å². The number of anilines is 1. The summed E-state index contributed by atoms with van der Waals surface area (Å²) in [5.41, 5.74) is 2.86. The summed E-state index contributed by atoms with van der Waals surface area (Å²) in [6.07, 6.45) is 0. The van der Waals surface area contributed by atoms with E-state index in [0.29, 0.717) is 0 Å². The second kappa shape index (κ2) is 8.06. The number of rotatable bonds is 4. The van der Waals surface area contributed by atoms with Gasteiger partial charge in [-0.2, -0.15) is 0 Å². The zero-order chi connectivity index (χ0) is 18.5. The third kappa shape index (κ3) is 4.24. The van der Waals surface area contributed by atoms with Crippen molar-refractivity contribution in [2.75, 3.05) is 5.32 Å². The van der Waals surface area contributed by atoms with Crippen LogP contribution in [0.3, 0.4) is 0 Å². The van der Waals surface area contributed by atoms with E-state index in [1.54, 1.807) is 0 Å². The number of aryl methyl sites for hydroxylation is 1. The summed E-state index contributed by atoms with van der Waals surface area (Å²) >= 11 is 5.31. The van der Waals surface area contributed by atoms with E-state index in [1.165, 1.54) is 18.2 Å². The third-order valence-corrected chi connectivity index (χ3v) is 4.21. The summed E-state index contributed by atoms with van der Waals surface area (Å²) in [6, 6.07) is 21.2. The second-order valence-electron chi connectivity index (χ2n) is 5.95. The molecular weight excluding hydrogens is 350 g/mol. The van der Waals surface area contributed by atoms with Crippen LogP contribution in [0.15, 0.2) is 72.8 Å². The number of halogens is 2. The van der Waals surface area contributed by atoms with Gasteiger partial charge in [0, 0.05) is 0 Å². The summed E-state index contributed by atoms with van der Waals surface area (Å²) < 4.78 is 27.7. The molecule has 2 N–H and O–H groups in total. The smallest absolute Gasteiger partial charge is 0.171 e. The SMILES string of the molecule is Cc1cccc([C@H](NC(=S)Nc2c(F)cccc2F)c2ccccc2)c1. The molecule has 0 heterocycles. The first-order valence-corrected chi connectivity index (χ1v) is 8.58. The molecule has 0 aliphatic carbocycles. The van der Waals surface area contributed by atoms with Gasteiger partial charge in [0.2, 0.25) is 0 Å². The molecule has 26 heavy (non-hydrogen) atoms. The van der Waals surface area contributed by atoms with Crippen molar-refractivity contribution in [1.29, 1.82) is 0 Å². The molecule has 0 unspecified atom stereocenters. The van der Waals surface area contributed by atoms with Gasteiger partial charge < -0.3 is 10.6 Å². The fourth-order valence-corrected chi connectivity index (χ4v) is 2.97. The van der Waals surface area contributed by atoms with Gasteiger partial charge in [0.15, 0.2) is 5.11 Å². The van der Waals surface area contributed by atoms with Crippen LogP contribution < -0.4 is 10.6 Å². The van der Waals surface area contributed by atoms with E-state index in [9.17, 15) is 8.78 Å². The maximum absolute atomic E-state index is 13.9. The minimum atomic E-state index is -0.694. The van der Waals surface area contributed by atoms with Gasteiger partial charge in [0.25, 0.3) is 0 Å². The van der Waals surface area contributed by atoms with Gasteiger partial charge >= 0.3 is 0 Å². The van der Waals surface area contributed by atoms with Crippen LogP contribution in [0.1, 0.15) is 22.7 Å². The van der Waals surface area contributed by atoms with E-state index < -0.39 is 11.6 Å². The van der Waals surface area contributed by atoms with E-state index in [1.807, 2.05) is 55.5 Å². The monoisotopic (exact) mass is 368 g/mol. The number of nitrogens with one attached hydrogen (secondary N) is 2. The van der Waals surface area contributed by atoms with Crippen LogP contribution in [0, 0.1) is 18.6 Å². The fraction of sp³-hybridized carbons (Fsp3) is 0.0952. The minimum absolute atomic E-state index is 0.143. The van der Waals surface area contributed by atoms with E-state index >= 15 is 0 Å². The number of benzene rings is 3. The lowest BCUT2D eigenvalue weighted by Gasteiger charge is -2.22. The van der Waals surface area contributed by atoms with Gasteiger partial charge in [0.05, 0.1) is 6.04 Å². The molecule has 0 saturated carbocycles. The summed E-state index contributed by atoms with van der Waals surface area (Å²) in [4.78, 5) is 0. The molecule has 0 aliphatic rings. The highest BCUT2D eigenvalue weighted by Crippen LogP contribution is 2.24. The molecule has 0 bridgehead atoms. The Balaban J connectivity index is 1.87. The quantitative estimate of drug-likeness (QED) is 0.607. The van der Waals surface area contributed by atoms with Crippen LogP contribution >= 0.6 is 12.2 Å². The van der Waals surface area contributed by atoms with Crippen LogP contribution in [0.2, 0.25) is 0 Å². The van der Waals surface area contributed by atoms with Crippen molar-refractivity contribution >= 4 is 23.0 Å². The third-order valence-electron chi connectivity index (χ3n) is 3.99. The average molecular weight is 368 g/mol. The lowest BCUT2D eigenvalue weighted by atomic mass is 9.97. The fourth-order valence-electron chi connectivity index (χ4n) is 2.75. The molecule has 0 radical (unpaired) electrons. The summed E-state index contributed by atoms with van der Waals surface area (Å²) in [5.74, 6) is -1.39. The molecule has 0 saturated heterocycles. The summed E-state index contributed by atoms with van der Waals surface area (Å²) in [5, 5.41) is 5.94. The van der Waals surface area contributed by atoms with Crippen molar-refractivity contribution in [2.45, 2.75) is 13.0 Å². The largest absolute Gasteiger partial charge is 0.352 e. The topological polar surface area (TPSA) is 24.1 Å². The molecule has 3 aromatic rings. The first-order chi connectivity index (χ1) is 12.5. The maximum Gasteiger partial charge on any atom is 0.171 e. The average Bonchev–Trinajstić information content (AvgIpc) is 2.63. The maximum atomic E-state index is 13.9. The molecule has 2 nitrogen and oxygen atoms in total. The van der Waals surface area contributed by atoms with Gasteiger partial charge in [-0.25, -0.2) is 8.78 Å². The molecule has 0 amide bonds. The minimum Gasteiger partial charge on any atom is -0.352 e. The summed E-state index contributed by atoms with van der Waals surface area (Å²) in [7, 11) is 0. The van der Waals surface area contributed by atoms with Crippen LogP contribution in [-0.2, 0) is 0 Å². The number of thiocarbonyl (C=S) groups is 1. The Morgan fingerprint density at radius 1 is 0.846 bits per heavy atom. The molecule has 0 aromatic heterocycles. The molecule has 0 aliphatic heterocycles. The van der Waals surface area contributed by atoms with Crippen molar-refractivity contribution in [1.82, 2.24) is 5.32 Å². The van der Waals surface area contributed by atoms with Gasteiger partial charge in [-0.3, -0.25) is 0 Å². The Morgan fingerprint density at radius 2 is 1.46 bits per heavy atom. The Hall–Kier alpha value is -2.79. The Morgan fingerprint density at radius 3 is 2.12 bits per heavy atom. The molecule has 0 spiro atoms. The molecular formula is C21H18F2N2S. The highest BCUT2D eigenvalue weighted by atomic mass is 32.1. The van der Waals surface area contributed by atoms with Crippen LogP contribution in [0.5, 0.6) is 0 Å². The van der Waals surface area contributed by atoms with Crippen molar-refractivity contribution in [3.63, 3.8) is 0 Å². The van der Waals surface area contributed by atoms with Crippen LogP contribution in [-0.4, -0.2) is 5.11 Å². The Labute approximate surface area is 156 Å². The van der Waals surface area contributed by atoms with E-state index in [2.05, 4.69) is 16.7 Å². The molecule has 1 atom stereocenters. The van der Waals surface area contributed by atoms with Crippen molar-refractivity contribution in [2.24, 2.45) is 0 Å². The lowest BCUT2D eigenvalue weighted by molar-refractivity contribution is 0.591. The summed E-state index contributed by atoms with van der Waals surface area (Å²) in [6.45, 7) is 2.01. The first-order valence-electron chi connectivity index (χ1n) is 8.17. The highest BCUT2D eigenvalue weighted by Gasteiger charge is 2.17. The van der Waals surface area contributed by atoms with Crippen molar-refractivity contribution in [3.05, 3.63) is 101 Å². The predicted octanol–water partition coefficient (Wildman–Crippen LogP) is 5.35. The zero-order valence-electron chi connectivity index (χ0n) is 14.2. The van der Waals surface area contributed by atoms with Crippen LogP contribution in [0.4, 0.5) is 14.5 Å². The molecule has 3 aromatic carbocycles. The van der Waals surface area contributed by atoms with Crippen molar-refractivity contribution in [3.8, 4) is 0 Å². The number of para-hydroxylation sites is 1. The lowest BCUT2D eigenvalue weighted by Crippen LogP contribution is -2.33. The standard InChI is InChI=1S/C21H18F2N2S/c1-14-7-5-10-16(13-14)19(15-8-3-2-4-9-15)24-21(26)25-20-17(22)11-6-12-18(20)23/h2-13,19H,1H3,(H2,24,25,26)/t19-/m1/s1. The van der Waals surface area contributed by atoms with Crippen LogP contribution in [0.25, 0.3) is 0 Å². The first kappa shape index (κ1) is 18.0. The van der Waals surface area contributed by atoms with Gasteiger partial charge in [-0.1, -0.05) is 66.2 Å². The van der Waals surface area contributed by atoms with Gasteiger partial charge in [-0.05, 0) is 42.4 Å². The number of hydrogen-bond acceptors (Lipinski definition) is 1. The van der Waals surface area contributed by atoms with E-state index in [-0.39, 0.29) is 16.8 Å². The highest BCUT2D eigenvalue weighted by molar-refractivity contribution is 7.80. The zero-order valence-corrected chi connectivity index (χ0v) is 15.0. The molecule has 5 heteroatoms. The van der Waals surface area contributed by atoms with Crippen molar-refractivity contribution < 1.29 is 8.78 Å². The molecule has 3 rings (SSSR count). The molecule has 0 fully saturated rings. The Bertz CT molecular complexity index is 893. The van der Waals surface area contributed by atoms with Gasteiger partial charge in [0.1, 0.15) is 17.3 Å². The number of hydrogen-bond donors (Lipinski definition) is 2. The van der Waals surface area contributed by atoms with E-state index in [4.69, 9.17) is 12.2 Å². The predicted molar refractivity (Wildman–Crippen MR) is 105 cm³/mol. The second-order valence-corrected chi connectivity index (χ2v) is 6.36. The Kier molecular flexibility index (Phi) is 5.58.